The summed E-state index contributed by atoms with van der Waals surface area (Å²) < 4.78 is 5.54. The molecule has 120 valence electrons. The lowest BCUT2D eigenvalue weighted by molar-refractivity contribution is 0.0942. The van der Waals surface area contributed by atoms with Gasteiger partial charge >= 0.3 is 0 Å². The Kier molecular flexibility index (Phi) is 7.94. The van der Waals surface area contributed by atoms with Crippen molar-refractivity contribution in [2.45, 2.75) is 46.2 Å². The summed E-state index contributed by atoms with van der Waals surface area (Å²) >= 11 is 0. The zero-order chi connectivity index (χ0) is 15.7. The Hall–Kier alpha value is -0.900. The third-order valence-electron chi connectivity index (χ3n) is 3.58. The van der Waals surface area contributed by atoms with Gasteiger partial charge in [0.1, 0.15) is 0 Å². The maximum absolute atomic E-state index is 5.54. The number of nitrogens with zero attached hydrogens (tertiary/aromatic N) is 1. The zero-order valence-corrected chi connectivity index (χ0v) is 14.4. The smallest absolute Gasteiger partial charge is 0.0593 e. The van der Waals surface area contributed by atoms with Crippen molar-refractivity contribution in [1.29, 1.82) is 0 Å². The molecule has 0 fully saturated rings. The Bertz CT molecular complexity index is 373. The summed E-state index contributed by atoms with van der Waals surface area (Å²) in [4.78, 5) is 2.49. The second kappa shape index (κ2) is 9.19. The van der Waals surface area contributed by atoms with E-state index in [0.717, 1.165) is 32.8 Å². The topological polar surface area (TPSA) is 24.5 Å². The molecule has 0 aliphatic heterocycles. The third kappa shape index (κ3) is 7.07. The van der Waals surface area contributed by atoms with Gasteiger partial charge in [0.25, 0.3) is 0 Å². The molecule has 21 heavy (non-hydrogen) atoms. The molecule has 1 aromatic rings. The van der Waals surface area contributed by atoms with Gasteiger partial charge in [-0.3, -0.25) is 4.90 Å². The van der Waals surface area contributed by atoms with E-state index in [1.165, 1.54) is 5.56 Å². The number of benzene rings is 1. The van der Waals surface area contributed by atoms with Gasteiger partial charge in [0.15, 0.2) is 0 Å². The van der Waals surface area contributed by atoms with E-state index in [2.05, 4.69) is 68.2 Å². The molecule has 0 amide bonds. The van der Waals surface area contributed by atoms with Gasteiger partial charge in [-0.05, 0) is 39.8 Å². The van der Waals surface area contributed by atoms with Crippen LogP contribution in [0.25, 0.3) is 0 Å². The molecule has 0 aliphatic rings. The van der Waals surface area contributed by atoms with Crippen molar-refractivity contribution in [3.05, 3.63) is 35.9 Å². The van der Waals surface area contributed by atoms with Crippen LogP contribution in [0, 0.1) is 0 Å². The molecule has 0 heterocycles. The van der Waals surface area contributed by atoms with Gasteiger partial charge in [-0.2, -0.15) is 0 Å². The zero-order valence-electron chi connectivity index (χ0n) is 14.4. The highest BCUT2D eigenvalue weighted by Crippen LogP contribution is 2.20. The number of ether oxygens (including phenoxy) is 1. The SMILES string of the molecule is CCOCCN(CC)C(CNC(C)(C)C)c1ccccc1. The van der Waals surface area contributed by atoms with Gasteiger partial charge in [-0.15, -0.1) is 0 Å². The largest absolute Gasteiger partial charge is 0.380 e. The van der Waals surface area contributed by atoms with Crippen LogP contribution in [-0.4, -0.2) is 43.3 Å². The summed E-state index contributed by atoms with van der Waals surface area (Å²) in [7, 11) is 0. The average molecular weight is 292 g/mol. The molecule has 0 radical (unpaired) electrons. The van der Waals surface area contributed by atoms with E-state index in [9.17, 15) is 0 Å². The molecule has 1 rings (SSSR count). The van der Waals surface area contributed by atoms with Crippen molar-refractivity contribution >= 4 is 0 Å². The van der Waals surface area contributed by atoms with Crippen LogP contribution in [-0.2, 0) is 4.74 Å². The highest BCUT2D eigenvalue weighted by atomic mass is 16.5. The van der Waals surface area contributed by atoms with E-state index in [-0.39, 0.29) is 5.54 Å². The summed E-state index contributed by atoms with van der Waals surface area (Å²) in [5.41, 5.74) is 1.50. The standard InChI is InChI=1S/C18H32N2O/c1-6-20(13-14-21-7-2)17(15-19-18(3,4)5)16-11-9-8-10-12-16/h8-12,17,19H,6-7,13-15H2,1-5H3. The molecule has 0 aromatic heterocycles. The molecular weight excluding hydrogens is 260 g/mol. The van der Waals surface area contributed by atoms with E-state index in [1.54, 1.807) is 0 Å². The van der Waals surface area contributed by atoms with E-state index in [4.69, 9.17) is 4.74 Å². The van der Waals surface area contributed by atoms with Gasteiger partial charge in [-0.1, -0.05) is 37.3 Å². The molecule has 0 bridgehead atoms. The molecule has 3 nitrogen and oxygen atoms in total. The van der Waals surface area contributed by atoms with Crippen LogP contribution >= 0.6 is 0 Å². The monoisotopic (exact) mass is 292 g/mol. The van der Waals surface area contributed by atoms with Gasteiger partial charge in [0.2, 0.25) is 0 Å². The Morgan fingerprint density at radius 2 is 1.81 bits per heavy atom. The van der Waals surface area contributed by atoms with Crippen molar-refractivity contribution in [2.24, 2.45) is 0 Å². The number of hydrogen-bond donors (Lipinski definition) is 1. The summed E-state index contributed by atoms with van der Waals surface area (Å²) in [6.07, 6.45) is 0. The lowest BCUT2D eigenvalue weighted by Gasteiger charge is -2.34. The Morgan fingerprint density at radius 1 is 1.14 bits per heavy atom. The van der Waals surface area contributed by atoms with Gasteiger partial charge in [-0.25, -0.2) is 0 Å². The van der Waals surface area contributed by atoms with E-state index in [0.29, 0.717) is 6.04 Å². The Balaban J connectivity index is 2.78. The van der Waals surface area contributed by atoms with Gasteiger partial charge < -0.3 is 10.1 Å². The maximum atomic E-state index is 5.54. The predicted octanol–water partition coefficient (Wildman–Crippen LogP) is 3.47. The molecule has 0 spiro atoms. The highest BCUT2D eigenvalue weighted by molar-refractivity contribution is 5.19. The Morgan fingerprint density at radius 3 is 2.33 bits per heavy atom. The lowest BCUT2D eigenvalue weighted by atomic mass is 10.0. The van der Waals surface area contributed by atoms with Crippen molar-refractivity contribution in [1.82, 2.24) is 10.2 Å². The van der Waals surface area contributed by atoms with Crippen LogP contribution in [0.1, 0.15) is 46.2 Å². The van der Waals surface area contributed by atoms with E-state index < -0.39 is 0 Å². The Labute approximate surface area is 130 Å². The minimum absolute atomic E-state index is 0.131. The van der Waals surface area contributed by atoms with Crippen molar-refractivity contribution in [2.75, 3.05) is 32.8 Å². The van der Waals surface area contributed by atoms with Crippen LogP contribution < -0.4 is 5.32 Å². The number of nitrogens with one attached hydrogen (secondary N) is 1. The molecule has 1 aromatic carbocycles. The quantitative estimate of drug-likeness (QED) is 0.705. The molecular formula is C18H32N2O. The van der Waals surface area contributed by atoms with Crippen LogP contribution in [0.2, 0.25) is 0 Å². The molecule has 1 unspecified atom stereocenters. The molecule has 0 saturated carbocycles. The minimum Gasteiger partial charge on any atom is -0.380 e. The fraction of sp³-hybridized carbons (Fsp3) is 0.667. The van der Waals surface area contributed by atoms with Crippen LogP contribution in [0.5, 0.6) is 0 Å². The summed E-state index contributed by atoms with van der Waals surface area (Å²) in [5.74, 6) is 0. The molecule has 0 saturated heterocycles. The van der Waals surface area contributed by atoms with Crippen LogP contribution in [0.3, 0.4) is 0 Å². The van der Waals surface area contributed by atoms with E-state index in [1.807, 2.05) is 6.92 Å². The second-order valence-corrected chi connectivity index (χ2v) is 6.38. The number of likely N-dealkylation sites (N-methyl/N-ethyl adjacent to an activating group) is 1. The normalized spacial score (nSPS) is 13.6. The minimum atomic E-state index is 0.131. The first-order chi connectivity index (χ1) is 9.98. The molecule has 0 aliphatic carbocycles. The average Bonchev–Trinajstić information content (AvgIpc) is 2.45. The molecule has 3 heteroatoms. The fourth-order valence-corrected chi connectivity index (χ4v) is 2.40. The van der Waals surface area contributed by atoms with Crippen LogP contribution in [0.4, 0.5) is 0 Å². The fourth-order valence-electron chi connectivity index (χ4n) is 2.40. The molecule has 1 N–H and O–H groups in total. The summed E-state index contributed by atoms with van der Waals surface area (Å²) in [5, 5.41) is 3.64. The summed E-state index contributed by atoms with van der Waals surface area (Å²) in [6.45, 7) is 15.4. The highest BCUT2D eigenvalue weighted by Gasteiger charge is 2.21. The number of hydrogen-bond acceptors (Lipinski definition) is 3. The van der Waals surface area contributed by atoms with Gasteiger partial charge in [0.05, 0.1) is 6.61 Å². The predicted molar refractivity (Wildman–Crippen MR) is 90.7 cm³/mol. The maximum Gasteiger partial charge on any atom is 0.0593 e. The first-order valence-corrected chi connectivity index (χ1v) is 8.09. The first-order valence-electron chi connectivity index (χ1n) is 8.09. The lowest BCUT2D eigenvalue weighted by Crippen LogP contribution is -2.44. The van der Waals surface area contributed by atoms with Gasteiger partial charge in [0, 0.05) is 31.3 Å². The van der Waals surface area contributed by atoms with Crippen LogP contribution in [0.15, 0.2) is 30.3 Å². The summed E-state index contributed by atoms with van der Waals surface area (Å²) in [6, 6.07) is 11.1. The number of rotatable bonds is 9. The van der Waals surface area contributed by atoms with Crippen molar-refractivity contribution < 1.29 is 4.74 Å². The van der Waals surface area contributed by atoms with E-state index >= 15 is 0 Å². The first kappa shape index (κ1) is 18.1. The molecule has 1 atom stereocenters. The second-order valence-electron chi connectivity index (χ2n) is 6.38. The van der Waals surface area contributed by atoms with Crippen molar-refractivity contribution in [3.63, 3.8) is 0 Å². The third-order valence-corrected chi connectivity index (χ3v) is 3.58. The van der Waals surface area contributed by atoms with Crippen molar-refractivity contribution in [3.8, 4) is 0 Å².